The topological polar surface area (TPSA) is 38.3 Å². The minimum atomic E-state index is -0.246. The van der Waals surface area contributed by atoms with Gasteiger partial charge in [-0.2, -0.15) is 0 Å². The van der Waals surface area contributed by atoms with E-state index in [1.54, 1.807) is 11.8 Å². The molecular weight excluding hydrogens is 258 g/mol. The van der Waals surface area contributed by atoms with Gasteiger partial charge in [0.1, 0.15) is 6.04 Å². The van der Waals surface area contributed by atoms with Gasteiger partial charge < -0.3 is 10.1 Å². The highest BCUT2D eigenvalue weighted by Gasteiger charge is 2.17. The molecule has 0 aliphatic carbocycles. The van der Waals surface area contributed by atoms with Crippen molar-refractivity contribution in [2.75, 3.05) is 19.4 Å². The van der Waals surface area contributed by atoms with Crippen LogP contribution in [0, 0.1) is 0 Å². The van der Waals surface area contributed by atoms with Crippen LogP contribution in [0.2, 0.25) is 0 Å². The van der Waals surface area contributed by atoms with Crippen molar-refractivity contribution < 1.29 is 9.53 Å². The number of hydrogen-bond acceptors (Lipinski definition) is 4. The molecule has 0 aromatic heterocycles. The van der Waals surface area contributed by atoms with Gasteiger partial charge in [-0.05, 0) is 30.2 Å². The highest BCUT2D eigenvalue weighted by atomic mass is 32.2. The summed E-state index contributed by atoms with van der Waals surface area (Å²) in [5.74, 6) is 1.03. The van der Waals surface area contributed by atoms with E-state index in [2.05, 4.69) is 43.4 Å². The van der Waals surface area contributed by atoms with Crippen LogP contribution in [-0.2, 0) is 9.53 Å². The summed E-state index contributed by atoms with van der Waals surface area (Å²) in [5, 5.41) is 3.14. The summed E-state index contributed by atoms with van der Waals surface area (Å²) in [4.78, 5) is 12.7. The predicted molar refractivity (Wildman–Crippen MR) is 80.7 cm³/mol. The number of carbonyl (C=O) groups excluding carboxylic acids is 1. The molecule has 0 spiro atoms. The van der Waals surface area contributed by atoms with Crippen molar-refractivity contribution in [3.63, 3.8) is 0 Å². The Morgan fingerprint density at radius 2 is 1.95 bits per heavy atom. The van der Waals surface area contributed by atoms with Crippen LogP contribution < -0.4 is 5.32 Å². The first-order valence-corrected chi connectivity index (χ1v) is 7.61. The zero-order valence-corrected chi connectivity index (χ0v) is 12.9. The van der Waals surface area contributed by atoms with Gasteiger partial charge in [0.05, 0.1) is 7.11 Å². The molecule has 0 saturated heterocycles. The Morgan fingerprint density at radius 3 is 2.42 bits per heavy atom. The van der Waals surface area contributed by atoms with E-state index < -0.39 is 0 Å². The predicted octanol–water partition coefficient (Wildman–Crippen LogP) is 3.05. The molecule has 1 atom stereocenters. The van der Waals surface area contributed by atoms with E-state index in [9.17, 15) is 4.79 Å². The molecule has 1 rings (SSSR count). The number of rotatable bonds is 7. The van der Waals surface area contributed by atoms with Gasteiger partial charge in [0.15, 0.2) is 0 Å². The maximum absolute atomic E-state index is 11.6. The summed E-state index contributed by atoms with van der Waals surface area (Å²) in [7, 11) is 1.43. The number of esters is 1. The number of thioether (sulfide) groups is 1. The molecule has 0 fully saturated rings. The monoisotopic (exact) mass is 281 g/mol. The van der Waals surface area contributed by atoms with Gasteiger partial charge >= 0.3 is 5.97 Å². The van der Waals surface area contributed by atoms with Crippen LogP contribution in [0.4, 0.5) is 0 Å². The molecule has 1 aromatic rings. The summed E-state index contributed by atoms with van der Waals surface area (Å²) in [6, 6.07) is 8.27. The molecule has 0 bridgehead atoms. The first-order valence-electron chi connectivity index (χ1n) is 6.62. The fraction of sp³-hybridized carbons (Fsp3) is 0.533. The molecule has 1 aromatic carbocycles. The first-order chi connectivity index (χ1) is 9.08. The second-order valence-electron chi connectivity index (χ2n) is 4.67. The minimum Gasteiger partial charge on any atom is -0.468 e. The molecule has 0 heterocycles. The molecule has 0 saturated carbocycles. The van der Waals surface area contributed by atoms with Crippen LogP contribution in [-0.4, -0.2) is 31.4 Å². The van der Waals surface area contributed by atoms with E-state index in [0.29, 0.717) is 11.7 Å². The van der Waals surface area contributed by atoms with Crippen molar-refractivity contribution in [3.8, 4) is 0 Å². The molecule has 106 valence electrons. The normalized spacial score (nSPS) is 12.5. The van der Waals surface area contributed by atoms with Crippen molar-refractivity contribution in [3.05, 3.63) is 29.8 Å². The lowest BCUT2D eigenvalue weighted by Crippen LogP contribution is -2.39. The van der Waals surface area contributed by atoms with Crippen molar-refractivity contribution in [2.45, 2.75) is 37.6 Å². The second-order valence-corrected chi connectivity index (χ2v) is 5.76. The van der Waals surface area contributed by atoms with Gasteiger partial charge in [-0.25, -0.2) is 0 Å². The van der Waals surface area contributed by atoms with Crippen molar-refractivity contribution in [1.29, 1.82) is 0 Å². The summed E-state index contributed by atoms with van der Waals surface area (Å²) >= 11 is 1.67. The van der Waals surface area contributed by atoms with E-state index in [1.165, 1.54) is 17.6 Å². The third-order valence-electron chi connectivity index (χ3n) is 2.90. The number of hydrogen-bond donors (Lipinski definition) is 1. The van der Waals surface area contributed by atoms with Gasteiger partial charge in [-0.1, -0.05) is 32.9 Å². The van der Waals surface area contributed by atoms with E-state index in [1.807, 2.05) is 6.92 Å². The smallest absolute Gasteiger partial charge is 0.323 e. The lowest BCUT2D eigenvalue weighted by Gasteiger charge is -2.15. The van der Waals surface area contributed by atoms with Gasteiger partial charge in [0.25, 0.3) is 0 Å². The van der Waals surface area contributed by atoms with E-state index >= 15 is 0 Å². The van der Waals surface area contributed by atoms with Gasteiger partial charge in [-0.3, -0.25) is 4.79 Å². The molecule has 1 N–H and O–H groups in total. The van der Waals surface area contributed by atoms with Crippen LogP contribution in [0.25, 0.3) is 0 Å². The Kier molecular flexibility index (Phi) is 6.95. The largest absolute Gasteiger partial charge is 0.468 e. The maximum atomic E-state index is 11.6. The Morgan fingerprint density at radius 1 is 1.32 bits per heavy atom. The number of likely N-dealkylation sites (N-methyl/N-ethyl adjacent to an activating group) is 1. The number of nitrogens with one attached hydrogen (secondary N) is 1. The lowest BCUT2D eigenvalue weighted by molar-refractivity contribution is -0.142. The van der Waals surface area contributed by atoms with E-state index in [0.717, 1.165) is 6.54 Å². The molecule has 4 heteroatoms. The van der Waals surface area contributed by atoms with Crippen LogP contribution >= 0.6 is 11.8 Å². The number of carbonyl (C=O) groups is 1. The average molecular weight is 281 g/mol. The number of benzene rings is 1. The quantitative estimate of drug-likeness (QED) is 0.616. The minimum absolute atomic E-state index is 0.201. The summed E-state index contributed by atoms with van der Waals surface area (Å²) in [6.45, 7) is 7.10. The highest BCUT2D eigenvalue weighted by Crippen LogP contribution is 2.22. The van der Waals surface area contributed by atoms with Crippen molar-refractivity contribution >= 4 is 17.7 Å². The SMILES string of the molecule is CCNC(CSc1ccc(C(C)C)cc1)C(=O)OC. The third-order valence-corrected chi connectivity index (χ3v) is 4.01. The average Bonchev–Trinajstić information content (AvgIpc) is 2.43. The molecule has 0 aliphatic rings. The van der Waals surface area contributed by atoms with E-state index in [4.69, 9.17) is 4.74 Å². The molecule has 3 nitrogen and oxygen atoms in total. The molecule has 0 aliphatic heterocycles. The fourth-order valence-corrected chi connectivity index (χ4v) is 2.67. The van der Waals surface area contributed by atoms with Gasteiger partial charge in [0.2, 0.25) is 0 Å². The zero-order chi connectivity index (χ0) is 14.3. The van der Waals surface area contributed by atoms with Crippen LogP contribution in [0.5, 0.6) is 0 Å². The number of methoxy groups -OCH3 is 1. The maximum Gasteiger partial charge on any atom is 0.323 e. The van der Waals surface area contributed by atoms with Crippen molar-refractivity contribution in [1.82, 2.24) is 5.32 Å². The van der Waals surface area contributed by atoms with E-state index in [-0.39, 0.29) is 12.0 Å². The van der Waals surface area contributed by atoms with Gasteiger partial charge in [0, 0.05) is 10.6 Å². The summed E-state index contributed by atoms with van der Waals surface area (Å²) in [6.07, 6.45) is 0. The fourth-order valence-electron chi connectivity index (χ4n) is 1.73. The molecule has 19 heavy (non-hydrogen) atoms. The van der Waals surface area contributed by atoms with Crippen molar-refractivity contribution in [2.24, 2.45) is 0 Å². The summed E-state index contributed by atoms with van der Waals surface area (Å²) < 4.78 is 4.79. The third kappa shape index (κ3) is 5.25. The Labute approximate surface area is 120 Å². The Bertz CT molecular complexity index is 390. The number of ether oxygens (including phenoxy) is 1. The standard InChI is InChI=1S/C15H23NO2S/c1-5-16-14(15(17)18-4)10-19-13-8-6-12(7-9-13)11(2)3/h6-9,11,14,16H,5,10H2,1-4H3. The lowest BCUT2D eigenvalue weighted by atomic mass is 10.0. The molecule has 1 unspecified atom stereocenters. The second kappa shape index (κ2) is 8.23. The molecule has 0 radical (unpaired) electrons. The zero-order valence-electron chi connectivity index (χ0n) is 12.1. The highest BCUT2D eigenvalue weighted by molar-refractivity contribution is 7.99. The molecular formula is C15H23NO2S. The van der Waals surface area contributed by atoms with Gasteiger partial charge in [-0.15, -0.1) is 11.8 Å². The van der Waals surface area contributed by atoms with Crippen LogP contribution in [0.15, 0.2) is 29.2 Å². The Hall–Kier alpha value is -1.00. The summed E-state index contributed by atoms with van der Waals surface area (Å²) in [5.41, 5.74) is 1.33. The Balaban J connectivity index is 2.56. The molecule has 0 amide bonds. The van der Waals surface area contributed by atoms with Crippen LogP contribution in [0.1, 0.15) is 32.3 Å². The first kappa shape index (κ1) is 16.1. The van der Waals surface area contributed by atoms with Crippen LogP contribution in [0.3, 0.4) is 0 Å².